The Hall–Kier alpha value is -1.26. The van der Waals surface area contributed by atoms with Crippen molar-refractivity contribution in [1.82, 2.24) is 14.7 Å². The fourth-order valence-electron chi connectivity index (χ4n) is 7.09. The quantitative estimate of drug-likeness (QED) is 0.0270. The van der Waals surface area contributed by atoms with Crippen LogP contribution in [0.4, 0.5) is 0 Å². The molecule has 0 aromatic carbocycles. The molecule has 0 aromatic heterocycles. The van der Waals surface area contributed by atoms with Crippen molar-refractivity contribution in [3.05, 3.63) is 0 Å². The van der Waals surface area contributed by atoms with Gasteiger partial charge in [-0.15, -0.1) is 0 Å². The average Bonchev–Trinajstić information content (AvgIpc) is 3.30. The number of unbranched alkanes of at least 4 members (excludes halogenated alkanes) is 3. The molecule has 12 N–H and O–H groups in total. The van der Waals surface area contributed by atoms with Crippen molar-refractivity contribution in [3.8, 4) is 0 Å². The first-order valence-corrected chi connectivity index (χ1v) is 24.5. The maximum Gasteiger partial charge on any atom is 2.00 e. The Labute approximate surface area is 450 Å². The van der Waals surface area contributed by atoms with Crippen LogP contribution in [0.5, 0.6) is 0 Å². The van der Waals surface area contributed by atoms with Gasteiger partial charge in [-0.05, 0) is 136 Å². The molecule has 29 nitrogen and oxygen atoms in total. The van der Waals surface area contributed by atoms with Gasteiger partial charge in [0.25, 0.3) is 0 Å². The van der Waals surface area contributed by atoms with Gasteiger partial charge in [-0.25, -0.2) is 28.8 Å². The van der Waals surface area contributed by atoms with Crippen LogP contribution in [0.1, 0.15) is 116 Å². The van der Waals surface area contributed by atoms with E-state index in [-0.39, 0.29) is 63.2 Å². The van der Waals surface area contributed by atoms with Gasteiger partial charge < -0.3 is 82.2 Å². The van der Waals surface area contributed by atoms with Crippen LogP contribution in [-0.2, 0) is 130 Å². The smallest absolute Gasteiger partial charge is 0.822 e. The molecule has 3 aliphatic heterocycles. The molecular weight excluding hydrogens is 1530 g/mol. The van der Waals surface area contributed by atoms with E-state index < -0.39 is 69.2 Å². The number of rotatable bonds is 21. The first kappa shape index (κ1) is 77.6. The molecule has 0 atom stereocenters. The third kappa shape index (κ3) is 45.4. The van der Waals surface area contributed by atoms with Crippen LogP contribution >= 0.6 is 15.6 Å². The van der Waals surface area contributed by atoms with E-state index in [1.165, 1.54) is 57.8 Å². The molecular formula is C36H69N9O20P2Pt3. The molecule has 3 aliphatic rings. The van der Waals surface area contributed by atoms with Crippen molar-refractivity contribution in [2.75, 3.05) is 58.9 Å². The molecule has 3 heterocycles. The van der Waals surface area contributed by atoms with Gasteiger partial charge in [-0.3, -0.25) is 0 Å². The Bertz CT molecular complexity index is 1280. The molecule has 0 saturated carbocycles. The molecule has 0 aliphatic carbocycles. The number of likely N-dealkylation sites (tertiary alicyclic amines) is 3. The Morgan fingerprint density at radius 3 is 0.657 bits per heavy atom. The Morgan fingerprint density at radius 2 is 0.514 bits per heavy atom. The van der Waals surface area contributed by atoms with Crippen LogP contribution in [0.15, 0.2) is 0 Å². The number of nitrogens with zero attached hydrogens (tertiary/aromatic N) is 3. The summed E-state index contributed by atoms with van der Waals surface area (Å²) in [7, 11) is -10.8. The second-order valence-corrected chi connectivity index (χ2v) is 17.2. The van der Waals surface area contributed by atoms with Crippen molar-refractivity contribution in [1.29, 1.82) is 0 Å². The largest absolute Gasteiger partial charge is 2.00 e. The van der Waals surface area contributed by atoms with Crippen LogP contribution in [0, 0.1) is 17.8 Å². The summed E-state index contributed by atoms with van der Waals surface area (Å²) in [4.78, 5) is 151. The number of carbonyl (C=O) groups excluding carboxylic acids is 6. The van der Waals surface area contributed by atoms with Gasteiger partial charge in [0.2, 0.25) is 0 Å². The molecule has 0 amide bonds. The molecule has 3 saturated heterocycles. The summed E-state index contributed by atoms with van der Waals surface area (Å²) in [6.07, 6.45) is 17.4. The third-order valence-corrected chi connectivity index (χ3v) is 10.4. The van der Waals surface area contributed by atoms with Crippen molar-refractivity contribution in [3.63, 3.8) is 0 Å². The third-order valence-electron chi connectivity index (χ3n) is 10.4. The summed E-state index contributed by atoms with van der Waals surface area (Å²) in [5, 5.41) is 0. The summed E-state index contributed by atoms with van der Waals surface area (Å²) in [5.74, 6) is 20.8. The number of hydrogen-bond donors (Lipinski definition) is 6. The average molecular weight is 1600 g/mol. The van der Waals surface area contributed by atoms with Crippen LogP contribution < -0.4 is 64.7 Å². The molecule has 0 unspecified atom stereocenters. The fourth-order valence-corrected chi connectivity index (χ4v) is 7.09. The minimum absolute atomic E-state index is 0. The fraction of sp³-hybridized carbons (Fsp3) is 0.833. The molecule has 3 fully saturated rings. The predicted molar refractivity (Wildman–Crippen MR) is 220 cm³/mol. The van der Waals surface area contributed by atoms with Crippen LogP contribution in [-0.4, -0.2) is 109 Å². The summed E-state index contributed by atoms with van der Waals surface area (Å²) in [6, 6.07) is 0. The van der Waals surface area contributed by atoms with Crippen LogP contribution in [0.3, 0.4) is 0 Å². The molecule has 0 bridgehead atoms. The summed E-state index contributed by atoms with van der Waals surface area (Å²) < 4.78 is 17.1. The predicted octanol–water partition coefficient (Wildman–Crippen LogP) is -5.38. The second kappa shape index (κ2) is 47.5. The Morgan fingerprint density at radius 1 is 0.357 bits per heavy atom. The van der Waals surface area contributed by atoms with Gasteiger partial charge in [0.15, 0.2) is 17.8 Å². The molecule has 0 radical (unpaired) electrons. The van der Waals surface area contributed by atoms with Crippen molar-refractivity contribution in [2.24, 2.45) is 53.1 Å². The van der Waals surface area contributed by atoms with Gasteiger partial charge in [-0.2, -0.15) is 51.0 Å². The first-order valence-electron chi connectivity index (χ1n) is 21.6. The van der Waals surface area contributed by atoms with E-state index in [0.29, 0.717) is 19.3 Å². The number of nitrogens with two attached hydrogens (primary N) is 6. The van der Waals surface area contributed by atoms with Crippen molar-refractivity contribution >= 4 is 51.5 Å². The second-order valence-electron chi connectivity index (χ2n) is 15.4. The van der Waals surface area contributed by atoms with Crippen LogP contribution in [0.25, 0.3) is 0 Å². The zero-order valence-electron chi connectivity index (χ0n) is 38.6. The maximum absolute atomic E-state index is 11.3. The van der Waals surface area contributed by atoms with Gasteiger partial charge in [0.05, 0.1) is 0 Å². The Balaban J connectivity index is -0.000000269. The van der Waals surface area contributed by atoms with E-state index in [4.69, 9.17) is 73.9 Å². The zero-order chi connectivity index (χ0) is 51.3. The van der Waals surface area contributed by atoms with Gasteiger partial charge in [0.1, 0.15) is 0 Å². The SMILES string of the molecule is NOC(=O)C(CCCCN1CCCCC1)C(=O)ON.NOC(=O)C(CCCCN1CCCCC1)C(=O)ON.NOC(=O)C(CCCCN1CCCCC1)C(=O)ON.O=P([O-])([O-])[O-].O=P([O-])([O-])[O-].[Pt+2].[Pt+2].[Pt+2]. The van der Waals surface area contributed by atoms with E-state index in [1.54, 1.807) is 0 Å². The minimum atomic E-state index is -5.39. The number of hydrogen-bond acceptors (Lipinski definition) is 29. The first-order chi connectivity index (χ1) is 31.6. The molecule has 70 heavy (non-hydrogen) atoms. The topological polar surface area (TPSA) is 496 Å². The van der Waals surface area contributed by atoms with E-state index in [0.717, 1.165) is 97.4 Å². The zero-order valence-corrected chi connectivity index (χ0v) is 47.2. The van der Waals surface area contributed by atoms with E-state index >= 15 is 0 Å². The minimum Gasteiger partial charge on any atom is -0.822 e. The summed E-state index contributed by atoms with van der Waals surface area (Å²) in [5.41, 5.74) is 0. The van der Waals surface area contributed by atoms with Gasteiger partial charge >= 0.3 is 99.0 Å². The molecule has 0 aromatic rings. The van der Waals surface area contributed by atoms with Crippen molar-refractivity contribution in [2.45, 2.75) is 116 Å². The van der Waals surface area contributed by atoms with Crippen LogP contribution in [0.2, 0.25) is 0 Å². The Kier molecular flexibility index (Phi) is 52.6. The molecule has 418 valence electrons. The maximum atomic E-state index is 11.3. The standard InChI is InChI=1S/3C12H23N3O4.2H3O4P.3Pt/c3*13-18-11(16)10(12(17)19-14)6-2-5-9-15-7-3-1-4-8-15;2*1-5(2,3)4;;;/h3*10H,1-9,13-14H2;2*(H3,1,2,3,4);;;/q;;;;;3*+2/p-6. The van der Waals surface area contributed by atoms with E-state index in [2.05, 4.69) is 43.7 Å². The van der Waals surface area contributed by atoms with E-state index in [9.17, 15) is 28.8 Å². The molecule has 0 spiro atoms. The molecule has 3 rings (SSSR count). The van der Waals surface area contributed by atoms with Gasteiger partial charge in [0, 0.05) is 0 Å². The number of carbonyl (C=O) groups is 6. The monoisotopic (exact) mass is 1590 g/mol. The number of piperidine rings is 3. The summed E-state index contributed by atoms with van der Waals surface area (Å²) >= 11 is 0. The van der Waals surface area contributed by atoms with E-state index in [1.807, 2.05) is 0 Å². The summed E-state index contributed by atoms with van der Waals surface area (Å²) in [6.45, 7) is 9.79. The number of phosphoric acid groups is 2. The normalized spacial score (nSPS) is 15.0. The van der Waals surface area contributed by atoms with Crippen molar-refractivity contribution < 1.29 is 159 Å². The van der Waals surface area contributed by atoms with Gasteiger partial charge in [-0.1, -0.05) is 38.5 Å². The molecule has 34 heteroatoms.